The molecule has 0 saturated heterocycles. The van der Waals surface area contributed by atoms with Gasteiger partial charge in [-0.05, 0) is 36.9 Å². The molecule has 1 aromatic heterocycles. The third-order valence-electron chi connectivity index (χ3n) is 3.82. The first kappa shape index (κ1) is 15.8. The van der Waals surface area contributed by atoms with E-state index < -0.39 is 4.92 Å². The van der Waals surface area contributed by atoms with E-state index in [0.717, 1.165) is 23.1 Å². The second-order valence-electron chi connectivity index (χ2n) is 5.37. The Hall–Kier alpha value is -3.06. The lowest BCUT2D eigenvalue weighted by Gasteiger charge is -2.09. The van der Waals surface area contributed by atoms with Crippen molar-refractivity contribution < 1.29 is 9.66 Å². The van der Waals surface area contributed by atoms with Crippen molar-refractivity contribution in [3.8, 4) is 5.75 Å². The summed E-state index contributed by atoms with van der Waals surface area (Å²) in [7, 11) is 3.38. The third kappa shape index (κ3) is 3.02. The second-order valence-corrected chi connectivity index (χ2v) is 5.37. The minimum Gasteiger partial charge on any atom is -0.496 e. The number of anilines is 2. The van der Waals surface area contributed by atoms with Crippen LogP contribution in [0, 0.1) is 10.1 Å². The van der Waals surface area contributed by atoms with Crippen molar-refractivity contribution in [3.63, 3.8) is 0 Å². The average Bonchev–Trinajstić information content (AvgIpc) is 2.98. The van der Waals surface area contributed by atoms with Crippen LogP contribution in [0.5, 0.6) is 5.75 Å². The predicted octanol–water partition coefficient (Wildman–Crippen LogP) is 3.55. The van der Waals surface area contributed by atoms with Crippen molar-refractivity contribution in [1.82, 2.24) is 10.3 Å². The Morgan fingerprint density at radius 3 is 2.79 bits per heavy atom. The summed E-state index contributed by atoms with van der Waals surface area (Å²) >= 11 is 0. The number of hydrogen-bond donors (Lipinski definition) is 3. The summed E-state index contributed by atoms with van der Waals surface area (Å²) in [5.41, 5.74) is 3.31. The highest BCUT2D eigenvalue weighted by molar-refractivity contribution is 5.87. The number of nitro benzene ring substituents is 1. The van der Waals surface area contributed by atoms with Crippen LogP contribution in [0.4, 0.5) is 17.1 Å². The van der Waals surface area contributed by atoms with E-state index in [-0.39, 0.29) is 5.69 Å². The van der Waals surface area contributed by atoms with Gasteiger partial charge in [-0.25, -0.2) is 0 Å². The molecule has 0 atom stereocenters. The molecule has 124 valence electrons. The van der Waals surface area contributed by atoms with Crippen LogP contribution in [-0.4, -0.2) is 24.1 Å². The smallest absolute Gasteiger partial charge is 0.296 e. The number of hydrogen-bond acceptors (Lipinski definition) is 5. The molecule has 7 nitrogen and oxygen atoms in total. The van der Waals surface area contributed by atoms with Gasteiger partial charge in [0, 0.05) is 29.3 Å². The molecular formula is C17H18N4O3. The van der Waals surface area contributed by atoms with E-state index in [9.17, 15) is 10.1 Å². The van der Waals surface area contributed by atoms with Crippen LogP contribution < -0.4 is 15.4 Å². The predicted molar refractivity (Wildman–Crippen MR) is 94.0 cm³/mol. The fourth-order valence-corrected chi connectivity index (χ4v) is 2.65. The largest absolute Gasteiger partial charge is 0.496 e. The van der Waals surface area contributed by atoms with E-state index in [1.165, 1.54) is 18.7 Å². The molecule has 0 spiro atoms. The van der Waals surface area contributed by atoms with Crippen LogP contribution in [0.3, 0.4) is 0 Å². The summed E-state index contributed by atoms with van der Waals surface area (Å²) < 4.78 is 5.05. The zero-order chi connectivity index (χ0) is 17.1. The first-order valence-electron chi connectivity index (χ1n) is 7.46. The number of ether oxygens (including phenoxy) is 1. The van der Waals surface area contributed by atoms with Crippen molar-refractivity contribution in [2.75, 3.05) is 19.5 Å². The van der Waals surface area contributed by atoms with Crippen LogP contribution in [-0.2, 0) is 6.54 Å². The highest BCUT2D eigenvalue weighted by Gasteiger charge is 2.15. The number of nitro groups is 1. The minimum atomic E-state index is -0.428. The maximum absolute atomic E-state index is 11.3. The van der Waals surface area contributed by atoms with Crippen molar-refractivity contribution >= 4 is 28.0 Å². The van der Waals surface area contributed by atoms with Gasteiger partial charge in [0.1, 0.15) is 11.4 Å². The highest BCUT2D eigenvalue weighted by Crippen LogP contribution is 2.32. The number of aromatic nitrogens is 1. The maximum atomic E-state index is 11.3. The molecule has 0 unspecified atom stereocenters. The number of nitrogens with one attached hydrogen (secondary N) is 3. The van der Waals surface area contributed by atoms with Gasteiger partial charge < -0.3 is 20.4 Å². The van der Waals surface area contributed by atoms with Crippen LogP contribution in [0.15, 0.2) is 42.6 Å². The molecule has 3 N–H and O–H groups in total. The van der Waals surface area contributed by atoms with Crippen molar-refractivity contribution in [2.45, 2.75) is 6.54 Å². The summed E-state index contributed by atoms with van der Waals surface area (Å²) in [5, 5.41) is 18.6. The van der Waals surface area contributed by atoms with Gasteiger partial charge in [-0.2, -0.15) is 0 Å². The van der Waals surface area contributed by atoms with Crippen molar-refractivity contribution in [3.05, 3.63) is 58.3 Å². The Balaban J connectivity index is 1.93. The molecule has 2 aromatic carbocycles. The fraction of sp³-hybridized carbons (Fsp3) is 0.176. The zero-order valence-electron chi connectivity index (χ0n) is 13.4. The topological polar surface area (TPSA) is 92.2 Å². The molecule has 1 heterocycles. The monoisotopic (exact) mass is 326 g/mol. The molecule has 0 aliphatic heterocycles. The van der Waals surface area contributed by atoms with Crippen molar-refractivity contribution in [1.29, 1.82) is 0 Å². The standard InChI is InChI=1S/C17H18N4O3/c1-18-9-11-10-19-16-7-12(3-5-14(11)16)20-15-6-4-13(24-2)8-17(15)21(22)23/h3-8,10,18-20H,9H2,1-2H3. The van der Waals surface area contributed by atoms with Gasteiger partial charge in [0.05, 0.1) is 18.1 Å². The highest BCUT2D eigenvalue weighted by atomic mass is 16.6. The summed E-state index contributed by atoms with van der Waals surface area (Å²) in [6.07, 6.45) is 1.96. The number of aromatic amines is 1. The van der Waals surface area contributed by atoms with Gasteiger partial charge in [0.2, 0.25) is 0 Å². The van der Waals surface area contributed by atoms with E-state index >= 15 is 0 Å². The number of nitrogens with zero attached hydrogens (tertiary/aromatic N) is 1. The maximum Gasteiger partial charge on any atom is 0.296 e. The SMILES string of the molecule is CNCc1c[nH]c2cc(Nc3ccc(OC)cc3[N+](=O)[O-])ccc12. The Morgan fingerprint density at radius 2 is 2.08 bits per heavy atom. The van der Waals surface area contributed by atoms with Gasteiger partial charge in [0.15, 0.2) is 0 Å². The lowest BCUT2D eigenvalue weighted by Crippen LogP contribution is -2.03. The van der Waals surface area contributed by atoms with E-state index in [0.29, 0.717) is 11.4 Å². The summed E-state index contributed by atoms with van der Waals surface area (Å²) in [6, 6.07) is 10.6. The summed E-state index contributed by atoms with van der Waals surface area (Å²) in [6.45, 7) is 0.775. The molecule has 0 aliphatic rings. The van der Waals surface area contributed by atoms with Gasteiger partial charge in [-0.1, -0.05) is 6.07 Å². The Morgan fingerprint density at radius 1 is 1.25 bits per heavy atom. The third-order valence-corrected chi connectivity index (χ3v) is 3.82. The first-order chi connectivity index (χ1) is 11.6. The van der Waals surface area contributed by atoms with Crippen LogP contribution in [0.1, 0.15) is 5.56 Å². The van der Waals surface area contributed by atoms with Gasteiger partial charge >= 0.3 is 0 Å². The lowest BCUT2D eigenvalue weighted by atomic mass is 10.1. The molecule has 0 bridgehead atoms. The Labute approximate surface area is 138 Å². The van der Waals surface area contributed by atoms with Crippen LogP contribution in [0.25, 0.3) is 10.9 Å². The summed E-state index contributed by atoms with van der Waals surface area (Å²) in [5.74, 6) is 0.448. The van der Waals surface area contributed by atoms with E-state index in [1.54, 1.807) is 12.1 Å². The van der Waals surface area contributed by atoms with E-state index in [4.69, 9.17) is 4.74 Å². The molecule has 0 amide bonds. The second kappa shape index (κ2) is 6.59. The van der Waals surface area contributed by atoms with Gasteiger partial charge in [0.25, 0.3) is 5.69 Å². The lowest BCUT2D eigenvalue weighted by molar-refractivity contribution is -0.384. The minimum absolute atomic E-state index is 0.0307. The van der Waals surface area contributed by atoms with E-state index in [1.807, 2.05) is 31.4 Å². The molecule has 7 heteroatoms. The molecule has 3 rings (SSSR count). The first-order valence-corrected chi connectivity index (χ1v) is 7.46. The number of methoxy groups -OCH3 is 1. The Kier molecular flexibility index (Phi) is 4.35. The number of fused-ring (bicyclic) bond motifs is 1. The number of H-pyrrole nitrogens is 1. The average molecular weight is 326 g/mol. The number of benzene rings is 2. The molecule has 0 aliphatic carbocycles. The molecule has 3 aromatic rings. The number of rotatable bonds is 6. The molecule has 0 radical (unpaired) electrons. The molecule has 0 fully saturated rings. The quantitative estimate of drug-likeness (QED) is 0.476. The Bertz CT molecular complexity index is 889. The molecular weight excluding hydrogens is 308 g/mol. The van der Waals surface area contributed by atoms with Crippen LogP contribution in [0.2, 0.25) is 0 Å². The van der Waals surface area contributed by atoms with Gasteiger partial charge in [-0.15, -0.1) is 0 Å². The fourth-order valence-electron chi connectivity index (χ4n) is 2.65. The normalized spacial score (nSPS) is 10.8. The summed E-state index contributed by atoms with van der Waals surface area (Å²) in [4.78, 5) is 14.1. The molecule has 0 saturated carbocycles. The van der Waals surface area contributed by atoms with Crippen LogP contribution >= 0.6 is 0 Å². The molecule has 24 heavy (non-hydrogen) atoms. The zero-order valence-corrected chi connectivity index (χ0v) is 13.4. The van der Waals surface area contributed by atoms with Crippen molar-refractivity contribution in [2.24, 2.45) is 0 Å². The van der Waals surface area contributed by atoms with E-state index in [2.05, 4.69) is 15.6 Å². The van der Waals surface area contributed by atoms with Gasteiger partial charge in [-0.3, -0.25) is 10.1 Å².